The Morgan fingerprint density at radius 2 is 2.13 bits per heavy atom. The van der Waals surface area contributed by atoms with E-state index in [-0.39, 0.29) is 23.0 Å². The number of hydrogen-bond acceptors (Lipinski definition) is 3. The Morgan fingerprint density at radius 1 is 1.39 bits per heavy atom. The van der Waals surface area contributed by atoms with Gasteiger partial charge in [-0.15, -0.1) is 0 Å². The maximum absolute atomic E-state index is 13.8. The fraction of sp³-hybridized carbons (Fsp3) is 0.611. The van der Waals surface area contributed by atoms with Crippen LogP contribution in [0.3, 0.4) is 0 Å². The highest BCUT2D eigenvalue weighted by Gasteiger charge is 2.43. The zero-order valence-corrected chi connectivity index (χ0v) is 13.6. The van der Waals surface area contributed by atoms with Gasteiger partial charge in [0.15, 0.2) is 0 Å². The largest absolute Gasteiger partial charge is 0.379 e. The SMILES string of the molecule is CCOC[C@H]1CC2(CCN(C(=O)c3ccccc3F)CC2)CO1. The summed E-state index contributed by atoms with van der Waals surface area (Å²) in [6, 6.07) is 6.19. The van der Waals surface area contributed by atoms with Crippen LogP contribution in [0.1, 0.15) is 36.5 Å². The first-order valence-corrected chi connectivity index (χ1v) is 8.37. The summed E-state index contributed by atoms with van der Waals surface area (Å²) in [5.74, 6) is -0.651. The number of likely N-dealkylation sites (tertiary alicyclic amines) is 1. The van der Waals surface area contributed by atoms with E-state index >= 15 is 0 Å². The summed E-state index contributed by atoms with van der Waals surface area (Å²) < 4.78 is 25.1. The molecular weight excluding hydrogens is 297 g/mol. The minimum atomic E-state index is -0.446. The Bertz CT molecular complexity index is 555. The Kier molecular flexibility index (Phi) is 4.97. The molecule has 0 aliphatic carbocycles. The van der Waals surface area contributed by atoms with E-state index in [1.165, 1.54) is 6.07 Å². The summed E-state index contributed by atoms with van der Waals surface area (Å²) in [6.07, 6.45) is 2.99. The predicted molar refractivity (Wildman–Crippen MR) is 84.8 cm³/mol. The molecule has 1 amide bonds. The summed E-state index contributed by atoms with van der Waals surface area (Å²) >= 11 is 0. The lowest BCUT2D eigenvalue weighted by molar-refractivity contribution is 0.0159. The normalized spacial score (nSPS) is 23.4. The average molecular weight is 321 g/mol. The molecule has 0 bridgehead atoms. The maximum Gasteiger partial charge on any atom is 0.256 e. The van der Waals surface area contributed by atoms with Crippen LogP contribution in [0.2, 0.25) is 0 Å². The van der Waals surface area contributed by atoms with Crippen molar-refractivity contribution in [1.82, 2.24) is 4.90 Å². The van der Waals surface area contributed by atoms with Crippen molar-refractivity contribution in [3.05, 3.63) is 35.6 Å². The van der Waals surface area contributed by atoms with E-state index in [0.29, 0.717) is 26.3 Å². The summed E-state index contributed by atoms with van der Waals surface area (Å²) in [4.78, 5) is 14.2. The smallest absolute Gasteiger partial charge is 0.256 e. The molecule has 0 unspecified atom stereocenters. The Balaban J connectivity index is 1.57. The summed E-state index contributed by atoms with van der Waals surface area (Å²) in [7, 11) is 0. The Hall–Kier alpha value is -1.46. The van der Waals surface area contributed by atoms with E-state index in [1.807, 2.05) is 6.92 Å². The maximum atomic E-state index is 13.8. The first-order valence-electron chi connectivity index (χ1n) is 8.37. The zero-order chi connectivity index (χ0) is 16.3. The van der Waals surface area contributed by atoms with Gasteiger partial charge >= 0.3 is 0 Å². The first kappa shape index (κ1) is 16.4. The molecule has 2 aliphatic heterocycles. The van der Waals surface area contributed by atoms with Gasteiger partial charge in [0.1, 0.15) is 5.82 Å². The lowest BCUT2D eigenvalue weighted by Crippen LogP contribution is -2.43. The van der Waals surface area contributed by atoms with Gasteiger partial charge < -0.3 is 14.4 Å². The van der Waals surface area contributed by atoms with Crippen molar-refractivity contribution in [2.24, 2.45) is 5.41 Å². The fourth-order valence-corrected chi connectivity index (χ4v) is 3.59. The van der Waals surface area contributed by atoms with E-state index < -0.39 is 5.82 Å². The fourth-order valence-electron chi connectivity index (χ4n) is 3.59. The van der Waals surface area contributed by atoms with Crippen LogP contribution in [0.5, 0.6) is 0 Å². The molecule has 1 aromatic rings. The number of piperidine rings is 1. The third kappa shape index (κ3) is 3.56. The molecule has 1 aromatic carbocycles. The van der Waals surface area contributed by atoms with Gasteiger partial charge in [0.2, 0.25) is 0 Å². The highest BCUT2D eigenvalue weighted by molar-refractivity contribution is 5.94. The minimum absolute atomic E-state index is 0.160. The predicted octanol–water partition coefficient (Wildman–Crippen LogP) is 2.87. The minimum Gasteiger partial charge on any atom is -0.379 e. The van der Waals surface area contributed by atoms with Gasteiger partial charge in [-0.05, 0) is 43.7 Å². The molecule has 1 atom stereocenters. The van der Waals surface area contributed by atoms with Gasteiger partial charge in [-0.1, -0.05) is 12.1 Å². The van der Waals surface area contributed by atoms with Crippen LogP contribution in [0.4, 0.5) is 4.39 Å². The van der Waals surface area contributed by atoms with Crippen LogP contribution in [-0.2, 0) is 9.47 Å². The number of ether oxygens (including phenoxy) is 2. The molecule has 23 heavy (non-hydrogen) atoms. The number of carbonyl (C=O) groups excluding carboxylic acids is 1. The molecule has 126 valence electrons. The molecule has 2 saturated heterocycles. The number of nitrogens with zero attached hydrogens (tertiary/aromatic N) is 1. The van der Waals surface area contributed by atoms with Crippen LogP contribution in [0.25, 0.3) is 0 Å². The number of halogens is 1. The van der Waals surface area contributed by atoms with Crippen molar-refractivity contribution < 1.29 is 18.7 Å². The molecule has 1 spiro atoms. The standard InChI is InChI=1S/C18H24FNO3/c1-2-22-12-14-11-18(13-23-14)7-9-20(10-8-18)17(21)15-5-3-4-6-16(15)19/h3-6,14H,2,7-13H2,1H3/t14-/m1/s1. The van der Waals surface area contributed by atoms with Crippen LogP contribution < -0.4 is 0 Å². The highest BCUT2D eigenvalue weighted by Crippen LogP contribution is 2.42. The van der Waals surface area contributed by atoms with E-state index in [1.54, 1.807) is 23.1 Å². The van der Waals surface area contributed by atoms with E-state index in [0.717, 1.165) is 25.9 Å². The van der Waals surface area contributed by atoms with Crippen molar-refractivity contribution in [2.75, 3.05) is 32.9 Å². The van der Waals surface area contributed by atoms with Gasteiger partial charge in [0.05, 0.1) is 24.9 Å². The second-order valence-electron chi connectivity index (χ2n) is 6.57. The molecule has 0 saturated carbocycles. The van der Waals surface area contributed by atoms with Crippen LogP contribution in [0.15, 0.2) is 24.3 Å². The van der Waals surface area contributed by atoms with Crippen LogP contribution in [0, 0.1) is 11.2 Å². The molecule has 4 nitrogen and oxygen atoms in total. The number of carbonyl (C=O) groups is 1. The quantitative estimate of drug-likeness (QED) is 0.856. The second-order valence-corrected chi connectivity index (χ2v) is 6.57. The molecule has 3 rings (SSSR count). The third-order valence-corrected chi connectivity index (χ3v) is 5.01. The highest BCUT2D eigenvalue weighted by atomic mass is 19.1. The van der Waals surface area contributed by atoms with Crippen molar-refractivity contribution >= 4 is 5.91 Å². The summed E-state index contributed by atoms with van der Waals surface area (Å²) in [5.41, 5.74) is 0.327. The van der Waals surface area contributed by atoms with E-state index in [9.17, 15) is 9.18 Å². The van der Waals surface area contributed by atoms with Crippen molar-refractivity contribution in [2.45, 2.75) is 32.3 Å². The molecule has 2 heterocycles. The van der Waals surface area contributed by atoms with Crippen molar-refractivity contribution in [1.29, 1.82) is 0 Å². The van der Waals surface area contributed by atoms with Crippen LogP contribution >= 0.6 is 0 Å². The van der Waals surface area contributed by atoms with Gasteiger partial charge in [0.25, 0.3) is 5.91 Å². The lowest BCUT2D eigenvalue weighted by atomic mass is 9.76. The molecule has 0 N–H and O–H groups in total. The van der Waals surface area contributed by atoms with Gasteiger partial charge in [-0.2, -0.15) is 0 Å². The summed E-state index contributed by atoms with van der Waals surface area (Å²) in [6.45, 7) is 5.41. The molecule has 0 aromatic heterocycles. The molecular formula is C18H24FNO3. The average Bonchev–Trinajstić information content (AvgIpc) is 2.96. The number of benzene rings is 1. The van der Waals surface area contributed by atoms with Crippen molar-refractivity contribution in [3.8, 4) is 0 Å². The Morgan fingerprint density at radius 3 is 2.83 bits per heavy atom. The molecule has 2 aliphatic rings. The van der Waals surface area contributed by atoms with E-state index in [2.05, 4.69) is 0 Å². The first-order chi connectivity index (χ1) is 11.1. The zero-order valence-electron chi connectivity index (χ0n) is 13.6. The number of rotatable bonds is 4. The Labute approximate surface area is 136 Å². The van der Waals surface area contributed by atoms with Crippen molar-refractivity contribution in [3.63, 3.8) is 0 Å². The number of hydrogen-bond donors (Lipinski definition) is 0. The lowest BCUT2D eigenvalue weighted by Gasteiger charge is -2.38. The van der Waals surface area contributed by atoms with Gasteiger partial charge in [0, 0.05) is 19.7 Å². The van der Waals surface area contributed by atoms with E-state index in [4.69, 9.17) is 9.47 Å². The van der Waals surface area contributed by atoms with Gasteiger partial charge in [-0.25, -0.2) is 4.39 Å². The van der Waals surface area contributed by atoms with Gasteiger partial charge in [-0.3, -0.25) is 4.79 Å². The molecule has 0 radical (unpaired) electrons. The summed E-state index contributed by atoms with van der Waals surface area (Å²) in [5, 5.41) is 0. The second kappa shape index (κ2) is 6.97. The third-order valence-electron chi connectivity index (χ3n) is 5.01. The monoisotopic (exact) mass is 321 g/mol. The number of amides is 1. The topological polar surface area (TPSA) is 38.8 Å². The molecule has 5 heteroatoms. The van der Waals surface area contributed by atoms with Crippen LogP contribution in [-0.4, -0.2) is 49.8 Å². The molecule has 2 fully saturated rings.